The second-order valence-electron chi connectivity index (χ2n) is 5.57. The highest BCUT2D eigenvalue weighted by Gasteiger charge is 2.14. The summed E-state index contributed by atoms with van der Waals surface area (Å²) in [5.41, 5.74) is 1.08. The Kier molecular flexibility index (Phi) is 9.49. The van der Waals surface area contributed by atoms with Crippen LogP contribution in [-0.4, -0.2) is 62.2 Å². The van der Waals surface area contributed by atoms with Crippen molar-refractivity contribution < 1.29 is 0 Å². The highest BCUT2D eigenvalue weighted by atomic mass is 127. The Morgan fingerprint density at radius 1 is 1.29 bits per heavy atom. The lowest BCUT2D eigenvalue weighted by molar-refractivity contribution is 0.312. The first-order valence-electron chi connectivity index (χ1n) is 8.07. The van der Waals surface area contributed by atoms with Crippen LogP contribution in [0.5, 0.6) is 0 Å². The van der Waals surface area contributed by atoms with Crippen LogP contribution in [0, 0.1) is 12.3 Å². The van der Waals surface area contributed by atoms with Gasteiger partial charge in [-0.15, -0.1) is 30.4 Å². The number of nitrogens with zero attached hydrogens (tertiary/aromatic N) is 4. The second kappa shape index (κ2) is 11.1. The topological polar surface area (TPSA) is 55.8 Å². The molecule has 0 amide bonds. The zero-order chi connectivity index (χ0) is 16.5. The maximum absolute atomic E-state index is 5.26. The van der Waals surface area contributed by atoms with Crippen LogP contribution >= 0.6 is 24.0 Å². The smallest absolute Gasteiger partial charge is 0.192 e. The number of anilines is 1. The lowest BCUT2D eigenvalue weighted by Crippen LogP contribution is -2.44. The van der Waals surface area contributed by atoms with Gasteiger partial charge in [-0.05, 0) is 25.6 Å². The third-order valence-electron chi connectivity index (χ3n) is 3.76. The minimum Gasteiger partial charge on any atom is -0.357 e. The summed E-state index contributed by atoms with van der Waals surface area (Å²) in [4.78, 5) is 13.8. The number of aliphatic imine (C=N–C) groups is 1. The Balaban J connectivity index is 0.00000288. The molecule has 1 saturated heterocycles. The maximum atomic E-state index is 5.26. The molecule has 0 bridgehead atoms. The first-order chi connectivity index (χ1) is 11.2. The Bertz CT molecular complexity index is 543. The van der Waals surface area contributed by atoms with Crippen LogP contribution in [0.1, 0.15) is 12.5 Å². The minimum atomic E-state index is 0. The fourth-order valence-electron chi connectivity index (χ4n) is 2.38. The summed E-state index contributed by atoms with van der Waals surface area (Å²) in [7, 11) is 2.15. The molecule has 6 nitrogen and oxygen atoms in total. The van der Waals surface area contributed by atoms with Gasteiger partial charge in [-0.25, -0.2) is 9.98 Å². The number of hydrogen-bond donors (Lipinski definition) is 2. The van der Waals surface area contributed by atoms with Crippen LogP contribution in [0.15, 0.2) is 23.3 Å². The summed E-state index contributed by atoms with van der Waals surface area (Å²) in [5, 5.41) is 6.24. The number of piperazine rings is 1. The predicted molar refractivity (Wildman–Crippen MR) is 111 cm³/mol. The Morgan fingerprint density at radius 2 is 2.04 bits per heavy atom. The Morgan fingerprint density at radius 3 is 2.62 bits per heavy atom. The monoisotopic (exact) mass is 442 g/mol. The fraction of sp³-hybridized carbons (Fsp3) is 0.529. The lowest BCUT2D eigenvalue weighted by atomic mass is 10.2. The van der Waals surface area contributed by atoms with Gasteiger partial charge in [0.15, 0.2) is 5.96 Å². The molecule has 0 spiro atoms. The molecule has 0 radical (unpaired) electrons. The predicted octanol–water partition coefficient (Wildman–Crippen LogP) is 1.14. The van der Waals surface area contributed by atoms with E-state index in [4.69, 9.17) is 6.42 Å². The third-order valence-corrected chi connectivity index (χ3v) is 3.76. The van der Waals surface area contributed by atoms with Gasteiger partial charge in [0.05, 0.1) is 13.1 Å². The van der Waals surface area contributed by atoms with Crippen molar-refractivity contribution in [3.8, 4) is 12.3 Å². The summed E-state index contributed by atoms with van der Waals surface area (Å²) in [5.74, 6) is 4.32. The molecule has 1 aromatic rings. The second-order valence-corrected chi connectivity index (χ2v) is 5.57. The van der Waals surface area contributed by atoms with Gasteiger partial charge in [-0.2, -0.15) is 0 Å². The average Bonchev–Trinajstić information content (AvgIpc) is 2.58. The highest BCUT2D eigenvalue weighted by molar-refractivity contribution is 14.0. The SMILES string of the molecule is C#CCNC(=NCc1ccc(N2CCN(C)CC2)nc1)NCC.I. The number of guanidine groups is 1. The fourth-order valence-corrected chi connectivity index (χ4v) is 2.38. The molecule has 0 aliphatic carbocycles. The normalized spacial score (nSPS) is 15.4. The van der Waals surface area contributed by atoms with E-state index in [9.17, 15) is 0 Å². The molecule has 0 atom stereocenters. The lowest BCUT2D eigenvalue weighted by Gasteiger charge is -2.33. The summed E-state index contributed by atoms with van der Waals surface area (Å²) in [6.07, 6.45) is 7.17. The van der Waals surface area contributed by atoms with E-state index in [-0.39, 0.29) is 24.0 Å². The number of nitrogens with one attached hydrogen (secondary N) is 2. The standard InChI is InChI=1S/C17H26N6.HI/c1-4-8-19-17(18-5-2)21-14-15-6-7-16(20-13-15)23-11-9-22(3)10-12-23;/h1,6-7,13H,5,8-12,14H2,2-3H3,(H2,18,19,21);1H. The van der Waals surface area contributed by atoms with Crippen molar-refractivity contribution in [2.75, 3.05) is 51.2 Å². The maximum Gasteiger partial charge on any atom is 0.192 e. The number of rotatable bonds is 5. The highest BCUT2D eigenvalue weighted by Crippen LogP contribution is 2.13. The largest absolute Gasteiger partial charge is 0.357 e. The van der Waals surface area contributed by atoms with E-state index in [1.807, 2.05) is 13.1 Å². The molecule has 1 aromatic heterocycles. The Labute approximate surface area is 162 Å². The van der Waals surface area contributed by atoms with Crippen molar-refractivity contribution in [1.29, 1.82) is 0 Å². The molecule has 2 N–H and O–H groups in total. The van der Waals surface area contributed by atoms with Gasteiger partial charge in [-0.1, -0.05) is 12.0 Å². The van der Waals surface area contributed by atoms with E-state index >= 15 is 0 Å². The molecule has 0 unspecified atom stereocenters. The molecule has 2 heterocycles. The van der Waals surface area contributed by atoms with E-state index in [1.165, 1.54) is 0 Å². The van der Waals surface area contributed by atoms with Gasteiger partial charge in [-0.3, -0.25) is 0 Å². The summed E-state index contributed by atoms with van der Waals surface area (Å²) >= 11 is 0. The first-order valence-corrected chi connectivity index (χ1v) is 8.07. The summed E-state index contributed by atoms with van der Waals surface area (Å²) in [6.45, 7) is 8.10. The van der Waals surface area contributed by atoms with Crippen molar-refractivity contribution >= 4 is 35.8 Å². The van der Waals surface area contributed by atoms with Crippen LogP contribution in [-0.2, 0) is 6.54 Å². The van der Waals surface area contributed by atoms with E-state index in [1.54, 1.807) is 0 Å². The minimum absolute atomic E-state index is 0. The van der Waals surface area contributed by atoms with E-state index in [0.29, 0.717) is 13.1 Å². The molecule has 132 valence electrons. The van der Waals surface area contributed by atoms with Crippen LogP contribution in [0.3, 0.4) is 0 Å². The first kappa shape index (κ1) is 20.5. The molecule has 1 fully saturated rings. The van der Waals surface area contributed by atoms with Crippen LogP contribution in [0.2, 0.25) is 0 Å². The number of terminal acetylenes is 1. The summed E-state index contributed by atoms with van der Waals surface area (Å²) in [6, 6.07) is 4.17. The van der Waals surface area contributed by atoms with E-state index in [2.05, 4.69) is 55.5 Å². The van der Waals surface area contributed by atoms with Gasteiger partial charge in [0.1, 0.15) is 5.82 Å². The van der Waals surface area contributed by atoms with Crippen molar-refractivity contribution in [2.45, 2.75) is 13.5 Å². The van der Waals surface area contributed by atoms with Gasteiger partial charge in [0.2, 0.25) is 0 Å². The third kappa shape index (κ3) is 6.53. The van der Waals surface area contributed by atoms with Crippen molar-refractivity contribution in [1.82, 2.24) is 20.5 Å². The van der Waals surface area contributed by atoms with Crippen molar-refractivity contribution in [2.24, 2.45) is 4.99 Å². The molecule has 2 rings (SSSR count). The zero-order valence-electron chi connectivity index (χ0n) is 14.5. The van der Waals surface area contributed by atoms with E-state index < -0.39 is 0 Å². The van der Waals surface area contributed by atoms with Crippen molar-refractivity contribution in [3.63, 3.8) is 0 Å². The van der Waals surface area contributed by atoms with E-state index in [0.717, 1.165) is 50.1 Å². The quantitative estimate of drug-likeness (QED) is 0.310. The molecular weight excluding hydrogens is 415 g/mol. The zero-order valence-corrected chi connectivity index (χ0v) is 16.8. The Hall–Kier alpha value is -1.53. The average molecular weight is 442 g/mol. The summed E-state index contributed by atoms with van der Waals surface area (Å²) < 4.78 is 0. The molecule has 0 saturated carbocycles. The van der Waals surface area contributed by atoms with Crippen LogP contribution in [0.4, 0.5) is 5.82 Å². The number of halogens is 1. The number of aromatic nitrogens is 1. The number of hydrogen-bond acceptors (Lipinski definition) is 4. The molecular formula is C17H27IN6. The number of likely N-dealkylation sites (N-methyl/N-ethyl adjacent to an activating group) is 1. The van der Waals surface area contributed by atoms with Gasteiger partial charge in [0, 0.05) is 38.9 Å². The van der Waals surface area contributed by atoms with Gasteiger partial charge in [0.25, 0.3) is 0 Å². The van der Waals surface area contributed by atoms with Crippen LogP contribution in [0.25, 0.3) is 0 Å². The van der Waals surface area contributed by atoms with Gasteiger partial charge >= 0.3 is 0 Å². The molecule has 1 aliphatic rings. The number of pyridine rings is 1. The van der Waals surface area contributed by atoms with Crippen molar-refractivity contribution in [3.05, 3.63) is 23.9 Å². The molecule has 0 aromatic carbocycles. The van der Waals surface area contributed by atoms with Gasteiger partial charge < -0.3 is 20.4 Å². The molecule has 7 heteroatoms. The van der Waals surface area contributed by atoms with Crippen LogP contribution < -0.4 is 15.5 Å². The molecule has 24 heavy (non-hydrogen) atoms. The molecule has 1 aliphatic heterocycles.